The third-order valence-electron chi connectivity index (χ3n) is 2.85. The summed E-state index contributed by atoms with van der Waals surface area (Å²) in [4.78, 5) is 10.3. The Morgan fingerprint density at radius 3 is 1.65 bits per heavy atom. The van der Waals surface area contributed by atoms with Crippen molar-refractivity contribution >= 4 is 5.97 Å². The molecule has 2 heteroatoms. The van der Waals surface area contributed by atoms with E-state index in [4.69, 9.17) is 5.11 Å². The maximum Gasteiger partial charge on any atom is 0.303 e. The molecular formula is C15H27O2. The number of hydrogen-bond donors (Lipinski definition) is 1. The smallest absolute Gasteiger partial charge is 0.303 e. The summed E-state index contributed by atoms with van der Waals surface area (Å²) in [5.74, 6) is -0.678. The first-order valence-electron chi connectivity index (χ1n) is 6.70. The van der Waals surface area contributed by atoms with Gasteiger partial charge in [0.1, 0.15) is 0 Å². The van der Waals surface area contributed by atoms with Crippen LogP contribution in [-0.2, 0) is 4.79 Å². The van der Waals surface area contributed by atoms with E-state index in [0.29, 0.717) is 6.42 Å². The highest BCUT2D eigenvalue weighted by Crippen LogP contribution is 2.21. The van der Waals surface area contributed by atoms with Crippen molar-refractivity contribution in [2.75, 3.05) is 0 Å². The zero-order valence-electron chi connectivity index (χ0n) is 11.0. The minimum atomic E-state index is -0.678. The van der Waals surface area contributed by atoms with Crippen molar-refractivity contribution in [1.29, 1.82) is 0 Å². The molecule has 0 aromatic rings. The maximum atomic E-state index is 10.3. The quantitative estimate of drug-likeness (QED) is 0.540. The second kappa shape index (κ2) is 9.49. The molecule has 0 saturated heterocycles. The van der Waals surface area contributed by atoms with Gasteiger partial charge in [-0.15, -0.1) is 0 Å². The van der Waals surface area contributed by atoms with Crippen molar-refractivity contribution in [1.82, 2.24) is 0 Å². The Morgan fingerprint density at radius 2 is 1.24 bits per heavy atom. The zero-order chi connectivity index (χ0) is 13.1. The van der Waals surface area contributed by atoms with Gasteiger partial charge in [0.15, 0.2) is 0 Å². The van der Waals surface area contributed by atoms with Gasteiger partial charge in [0.25, 0.3) is 0 Å². The summed E-state index contributed by atoms with van der Waals surface area (Å²) in [6.07, 6.45) is 10.5. The number of carboxylic acids is 1. The van der Waals surface area contributed by atoms with Crippen LogP contribution < -0.4 is 0 Å². The fourth-order valence-corrected chi connectivity index (χ4v) is 1.84. The number of carbonyl (C=O) groups is 1. The van der Waals surface area contributed by atoms with Crippen LogP contribution in [0.5, 0.6) is 0 Å². The van der Waals surface area contributed by atoms with Crippen molar-refractivity contribution in [3.05, 3.63) is 20.8 Å². The molecule has 0 aromatic carbocycles. The van der Waals surface area contributed by atoms with E-state index in [2.05, 4.69) is 20.8 Å². The molecule has 99 valence electrons. The van der Waals surface area contributed by atoms with Crippen LogP contribution in [-0.4, -0.2) is 11.1 Å². The second-order valence-electron chi connectivity index (χ2n) is 5.22. The van der Waals surface area contributed by atoms with E-state index in [0.717, 1.165) is 32.1 Å². The standard InChI is InChI=1S/C15H27O2/c1-15(2,3)13-11-9-7-5-4-6-8-10-12-14(16)17/h1-13H2,(H,16,17). The summed E-state index contributed by atoms with van der Waals surface area (Å²) >= 11 is 0. The van der Waals surface area contributed by atoms with E-state index in [1.54, 1.807) is 0 Å². The molecule has 0 unspecified atom stereocenters. The van der Waals surface area contributed by atoms with Gasteiger partial charge in [-0.1, -0.05) is 44.9 Å². The van der Waals surface area contributed by atoms with Gasteiger partial charge in [0.2, 0.25) is 0 Å². The first-order valence-corrected chi connectivity index (χ1v) is 6.70. The lowest BCUT2D eigenvalue weighted by atomic mass is 9.89. The molecule has 0 aliphatic rings. The largest absolute Gasteiger partial charge is 0.481 e. The van der Waals surface area contributed by atoms with E-state index in [1.165, 1.54) is 25.7 Å². The van der Waals surface area contributed by atoms with Gasteiger partial charge >= 0.3 is 5.97 Å². The molecule has 0 aliphatic carbocycles. The molecule has 2 nitrogen and oxygen atoms in total. The number of unbranched alkanes of at least 4 members (excludes halogenated alkanes) is 7. The summed E-state index contributed by atoms with van der Waals surface area (Å²) in [5, 5.41) is 8.46. The van der Waals surface area contributed by atoms with Crippen LogP contribution in [0.25, 0.3) is 0 Å². The summed E-state index contributed by atoms with van der Waals surface area (Å²) in [6.45, 7) is 11.6. The van der Waals surface area contributed by atoms with Crippen LogP contribution in [0.3, 0.4) is 0 Å². The topological polar surface area (TPSA) is 37.3 Å². The Bertz CT molecular complexity index is 192. The van der Waals surface area contributed by atoms with E-state index in [9.17, 15) is 4.79 Å². The monoisotopic (exact) mass is 239 g/mol. The lowest BCUT2D eigenvalue weighted by Gasteiger charge is -2.16. The number of rotatable bonds is 11. The van der Waals surface area contributed by atoms with Crippen LogP contribution >= 0.6 is 0 Å². The second-order valence-corrected chi connectivity index (χ2v) is 5.22. The molecule has 0 heterocycles. The summed E-state index contributed by atoms with van der Waals surface area (Å²) in [6, 6.07) is 0. The van der Waals surface area contributed by atoms with Gasteiger partial charge < -0.3 is 5.11 Å². The van der Waals surface area contributed by atoms with E-state index in [1.807, 2.05) is 0 Å². The van der Waals surface area contributed by atoms with Gasteiger partial charge in [0, 0.05) is 6.42 Å². The third kappa shape index (κ3) is 15.5. The van der Waals surface area contributed by atoms with E-state index >= 15 is 0 Å². The molecular weight excluding hydrogens is 212 g/mol. The van der Waals surface area contributed by atoms with Crippen LogP contribution in [0, 0.1) is 26.2 Å². The van der Waals surface area contributed by atoms with E-state index in [-0.39, 0.29) is 5.41 Å². The number of aliphatic carboxylic acids is 1. The van der Waals surface area contributed by atoms with Gasteiger partial charge in [-0.25, -0.2) is 0 Å². The van der Waals surface area contributed by atoms with E-state index < -0.39 is 5.97 Å². The molecule has 3 radical (unpaired) electrons. The predicted molar refractivity (Wildman–Crippen MR) is 72.3 cm³/mol. The molecule has 1 N–H and O–H groups in total. The Morgan fingerprint density at radius 1 is 0.824 bits per heavy atom. The lowest BCUT2D eigenvalue weighted by molar-refractivity contribution is -0.137. The fourth-order valence-electron chi connectivity index (χ4n) is 1.84. The molecule has 0 rings (SSSR count). The minimum absolute atomic E-state index is 0.267. The molecule has 0 aromatic heterocycles. The Kier molecular flexibility index (Phi) is 9.20. The predicted octanol–water partition coefficient (Wildman–Crippen LogP) is 4.46. The van der Waals surface area contributed by atoms with Crippen molar-refractivity contribution in [2.45, 2.75) is 64.2 Å². The van der Waals surface area contributed by atoms with Gasteiger partial charge in [-0.05, 0) is 39.0 Å². The first-order chi connectivity index (χ1) is 7.92. The summed E-state index contributed by atoms with van der Waals surface area (Å²) < 4.78 is 0. The normalized spacial score (nSPS) is 11.7. The average Bonchev–Trinajstić information content (AvgIpc) is 2.18. The van der Waals surface area contributed by atoms with Crippen LogP contribution in [0.15, 0.2) is 0 Å². The third-order valence-corrected chi connectivity index (χ3v) is 2.85. The zero-order valence-corrected chi connectivity index (χ0v) is 11.0. The summed E-state index contributed by atoms with van der Waals surface area (Å²) in [7, 11) is 0. The molecule has 0 spiro atoms. The van der Waals surface area contributed by atoms with Crippen molar-refractivity contribution in [3.63, 3.8) is 0 Å². The highest BCUT2D eigenvalue weighted by Gasteiger charge is 2.09. The van der Waals surface area contributed by atoms with Crippen LogP contribution in [0.1, 0.15) is 64.2 Å². The first kappa shape index (κ1) is 16.5. The van der Waals surface area contributed by atoms with Crippen LogP contribution in [0.2, 0.25) is 0 Å². The van der Waals surface area contributed by atoms with Gasteiger partial charge in [-0.2, -0.15) is 0 Å². The molecule has 0 atom stereocenters. The fraction of sp³-hybridized carbons (Fsp3) is 0.733. The minimum Gasteiger partial charge on any atom is -0.481 e. The highest BCUT2D eigenvalue weighted by atomic mass is 16.4. The van der Waals surface area contributed by atoms with Crippen molar-refractivity contribution < 1.29 is 9.90 Å². The molecule has 0 saturated carbocycles. The van der Waals surface area contributed by atoms with Crippen molar-refractivity contribution in [3.8, 4) is 0 Å². The molecule has 0 fully saturated rings. The number of carboxylic acid groups (broad SMARTS) is 1. The molecule has 0 amide bonds. The molecule has 0 aliphatic heterocycles. The highest BCUT2D eigenvalue weighted by molar-refractivity contribution is 5.66. The average molecular weight is 239 g/mol. The molecule has 17 heavy (non-hydrogen) atoms. The Labute approximate surface area is 107 Å². The maximum absolute atomic E-state index is 10.3. The summed E-state index contributed by atoms with van der Waals surface area (Å²) in [5.41, 5.74) is -0.267. The van der Waals surface area contributed by atoms with Crippen molar-refractivity contribution in [2.24, 2.45) is 5.41 Å². The SMILES string of the molecule is [CH2]C([CH2])([CH2])CCCCCCCCCCC(=O)O. The van der Waals surface area contributed by atoms with Gasteiger partial charge in [0.05, 0.1) is 0 Å². The molecule has 0 bridgehead atoms. The van der Waals surface area contributed by atoms with Gasteiger partial charge in [-0.3, -0.25) is 4.79 Å². The Balaban J connectivity index is 3.06. The Hall–Kier alpha value is -0.530. The number of hydrogen-bond acceptors (Lipinski definition) is 1. The lowest BCUT2D eigenvalue weighted by Crippen LogP contribution is -2.05. The van der Waals surface area contributed by atoms with Crippen LogP contribution in [0.4, 0.5) is 0 Å².